The van der Waals surface area contributed by atoms with Gasteiger partial charge in [0, 0.05) is 0 Å². The molecule has 0 amide bonds. The highest BCUT2D eigenvalue weighted by Crippen LogP contribution is 2.72. The highest BCUT2D eigenvalue weighted by molar-refractivity contribution is 7.80. The molecular weight excluding hydrogens is 456 g/mol. The Balaban J connectivity index is 1.63. The van der Waals surface area contributed by atoms with Crippen molar-refractivity contribution in [3.05, 3.63) is 22.8 Å². The first-order chi connectivity index (χ1) is 16.1. The van der Waals surface area contributed by atoms with Crippen LogP contribution < -0.4 is 0 Å². The highest BCUT2D eigenvalue weighted by atomic mass is 32.3. The fourth-order valence-corrected chi connectivity index (χ4v) is 10.4. The van der Waals surface area contributed by atoms with E-state index in [0.717, 1.165) is 31.1 Å². The van der Waals surface area contributed by atoms with Crippen molar-refractivity contribution in [2.45, 2.75) is 126 Å². The summed E-state index contributed by atoms with van der Waals surface area (Å²) in [6.07, 6.45) is 13.4. The Kier molecular flexibility index (Phi) is 7.02. The fourth-order valence-electron chi connectivity index (χ4n) is 9.77. The molecule has 1 unspecified atom stereocenters. The zero-order valence-corrected chi connectivity index (χ0v) is 24.4. The van der Waals surface area contributed by atoms with Gasteiger partial charge in [-0.15, -0.1) is 0 Å². The van der Waals surface area contributed by atoms with Crippen molar-refractivity contribution in [2.75, 3.05) is 0 Å². The summed E-state index contributed by atoms with van der Waals surface area (Å²) in [5, 5.41) is 0. The van der Waals surface area contributed by atoms with Gasteiger partial charge in [-0.2, -0.15) is 8.42 Å². The van der Waals surface area contributed by atoms with E-state index in [9.17, 15) is 13.0 Å². The molecule has 2 fully saturated rings. The average molecular weight is 507 g/mol. The number of hydrogen-bond donors (Lipinski definition) is 1. The van der Waals surface area contributed by atoms with Gasteiger partial charge in [0.15, 0.2) is 0 Å². The van der Waals surface area contributed by atoms with Gasteiger partial charge in [0.2, 0.25) is 0 Å². The normalized spacial score (nSPS) is 41.6. The van der Waals surface area contributed by atoms with E-state index in [-0.39, 0.29) is 16.2 Å². The molecule has 4 aliphatic rings. The molecule has 0 aliphatic heterocycles. The van der Waals surface area contributed by atoms with Crippen LogP contribution in [-0.4, -0.2) is 19.1 Å². The predicted molar refractivity (Wildman–Crippen MR) is 143 cm³/mol. The monoisotopic (exact) mass is 506 g/mol. The molecule has 7 atom stereocenters. The number of allylic oxidation sites excluding steroid dienone is 4. The standard InChI is InChI=1S/C30H50O4S/c1-20(2)10-9-11-21(3)22-14-18-30(8)24-12-13-25-27(4,5)26(34-35(31,32)33)16-17-28(25,6)23(24)15-19-29(22,30)7/h10,21-22,25-26H,9,11-19H2,1-8H3,(H,31,32,33)/t21-,22-,25+,26?,28-,29-,30+/m1/s1. The molecule has 35 heavy (non-hydrogen) atoms. The van der Waals surface area contributed by atoms with Gasteiger partial charge < -0.3 is 0 Å². The number of fused-ring (bicyclic) bond motifs is 4. The number of hydrogen-bond acceptors (Lipinski definition) is 3. The van der Waals surface area contributed by atoms with Crippen LogP contribution in [0.2, 0.25) is 0 Å². The van der Waals surface area contributed by atoms with Crippen LogP contribution in [-0.2, 0) is 14.6 Å². The average Bonchev–Trinajstić information content (AvgIpc) is 3.01. The SMILES string of the molecule is CC(C)=CCC[C@@H](C)[C@H]1CC[C@@]2(C)C3=C(CC[C@]12C)[C@@]1(C)CCC(OS(=O)(=O)O)C(C)(C)[C@@H]1CC3. The zero-order valence-electron chi connectivity index (χ0n) is 23.5. The molecule has 0 spiro atoms. The van der Waals surface area contributed by atoms with Gasteiger partial charge >= 0.3 is 10.4 Å². The molecule has 5 heteroatoms. The predicted octanol–water partition coefficient (Wildman–Crippen LogP) is 8.31. The van der Waals surface area contributed by atoms with Crippen LogP contribution in [0, 0.1) is 39.4 Å². The molecule has 4 aliphatic carbocycles. The van der Waals surface area contributed by atoms with E-state index < -0.39 is 16.5 Å². The van der Waals surface area contributed by atoms with Gasteiger partial charge in [0.05, 0.1) is 6.10 Å². The van der Waals surface area contributed by atoms with E-state index in [1.807, 2.05) is 0 Å². The third-order valence-corrected chi connectivity index (χ3v) is 12.3. The van der Waals surface area contributed by atoms with Crippen molar-refractivity contribution in [1.82, 2.24) is 0 Å². The van der Waals surface area contributed by atoms with Crippen molar-refractivity contribution in [3.63, 3.8) is 0 Å². The maximum absolute atomic E-state index is 11.6. The van der Waals surface area contributed by atoms with E-state index in [0.29, 0.717) is 17.8 Å². The van der Waals surface area contributed by atoms with Gasteiger partial charge in [-0.3, -0.25) is 4.55 Å². The van der Waals surface area contributed by atoms with Crippen molar-refractivity contribution in [2.24, 2.45) is 39.4 Å². The van der Waals surface area contributed by atoms with E-state index in [4.69, 9.17) is 4.18 Å². The van der Waals surface area contributed by atoms with Crippen LogP contribution in [0.4, 0.5) is 0 Å². The summed E-state index contributed by atoms with van der Waals surface area (Å²) in [6.45, 7) is 18.9. The van der Waals surface area contributed by atoms with Crippen molar-refractivity contribution >= 4 is 10.4 Å². The minimum absolute atomic E-state index is 0.0909. The van der Waals surface area contributed by atoms with E-state index in [1.54, 1.807) is 11.1 Å². The van der Waals surface area contributed by atoms with Gasteiger partial charge in [-0.1, -0.05) is 64.3 Å². The lowest BCUT2D eigenvalue weighted by Crippen LogP contribution is -2.55. The smallest absolute Gasteiger partial charge is 0.264 e. The minimum atomic E-state index is -4.45. The molecule has 4 rings (SSSR count). The van der Waals surface area contributed by atoms with Crippen LogP contribution in [0.25, 0.3) is 0 Å². The second-order valence-corrected chi connectivity index (χ2v) is 15.1. The lowest BCUT2D eigenvalue weighted by molar-refractivity contribution is -0.0861. The lowest BCUT2D eigenvalue weighted by atomic mass is 9.43. The Morgan fingerprint density at radius 2 is 1.71 bits per heavy atom. The van der Waals surface area contributed by atoms with Gasteiger partial charge in [0.25, 0.3) is 0 Å². The van der Waals surface area contributed by atoms with Crippen molar-refractivity contribution < 1.29 is 17.2 Å². The Labute approximate surface area is 215 Å². The Bertz CT molecular complexity index is 1000. The molecule has 1 N–H and O–H groups in total. The summed E-state index contributed by atoms with van der Waals surface area (Å²) in [5.41, 5.74) is 5.31. The Morgan fingerprint density at radius 1 is 1.03 bits per heavy atom. The largest absolute Gasteiger partial charge is 0.397 e. The Hall–Kier alpha value is -0.650. The van der Waals surface area contributed by atoms with Gasteiger partial charge in [-0.25, -0.2) is 4.18 Å². The second kappa shape index (κ2) is 8.98. The van der Waals surface area contributed by atoms with Gasteiger partial charge in [0.1, 0.15) is 0 Å². The summed E-state index contributed by atoms with van der Waals surface area (Å²) in [5.74, 6) is 1.90. The molecule has 0 aromatic rings. The maximum Gasteiger partial charge on any atom is 0.397 e. The topological polar surface area (TPSA) is 63.6 Å². The molecule has 0 saturated heterocycles. The molecular formula is C30H50O4S. The van der Waals surface area contributed by atoms with E-state index >= 15 is 0 Å². The zero-order chi connectivity index (χ0) is 26.0. The van der Waals surface area contributed by atoms with Crippen LogP contribution in [0.1, 0.15) is 120 Å². The highest BCUT2D eigenvalue weighted by Gasteiger charge is 2.63. The van der Waals surface area contributed by atoms with Crippen LogP contribution in [0.5, 0.6) is 0 Å². The summed E-state index contributed by atoms with van der Waals surface area (Å²) >= 11 is 0. The van der Waals surface area contributed by atoms with Crippen LogP contribution in [0.3, 0.4) is 0 Å². The third kappa shape index (κ3) is 4.40. The maximum atomic E-state index is 11.6. The number of rotatable bonds is 6. The summed E-state index contributed by atoms with van der Waals surface area (Å²) in [4.78, 5) is 0. The van der Waals surface area contributed by atoms with Crippen LogP contribution in [0.15, 0.2) is 22.8 Å². The molecule has 2 saturated carbocycles. The first-order valence-corrected chi connectivity index (χ1v) is 15.4. The lowest BCUT2D eigenvalue weighted by Gasteiger charge is -2.62. The van der Waals surface area contributed by atoms with Crippen molar-refractivity contribution in [3.8, 4) is 0 Å². The van der Waals surface area contributed by atoms with E-state index in [1.165, 1.54) is 44.1 Å². The summed E-state index contributed by atoms with van der Waals surface area (Å²) in [7, 11) is -4.45. The minimum Gasteiger partial charge on any atom is -0.264 e. The summed E-state index contributed by atoms with van der Waals surface area (Å²) in [6, 6.07) is 0. The first kappa shape index (κ1) is 27.4. The quantitative estimate of drug-likeness (QED) is 0.291. The Morgan fingerprint density at radius 3 is 2.34 bits per heavy atom. The van der Waals surface area contributed by atoms with Gasteiger partial charge in [-0.05, 0) is 117 Å². The molecule has 0 aromatic carbocycles. The molecule has 4 nitrogen and oxygen atoms in total. The second-order valence-electron chi connectivity index (χ2n) is 14.1. The molecule has 200 valence electrons. The molecule has 0 aromatic heterocycles. The first-order valence-electron chi connectivity index (χ1n) is 14.1. The third-order valence-electron chi connectivity index (χ3n) is 11.9. The fraction of sp³-hybridized carbons (Fsp3) is 0.867. The summed E-state index contributed by atoms with van der Waals surface area (Å²) < 4.78 is 37.8. The molecule has 0 bridgehead atoms. The molecule has 0 radical (unpaired) electrons. The van der Waals surface area contributed by atoms with E-state index in [2.05, 4.69) is 61.5 Å². The van der Waals surface area contributed by atoms with Crippen LogP contribution >= 0.6 is 0 Å². The van der Waals surface area contributed by atoms with Crippen molar-refractivity contribution in [1.29, 1.82) is 0 Å². The molecule has 0 heterocycles.